The molecule has 0 spiro atoms. The molecule has 1 aromatic carbocycles. The molecule has 0 bridgehead atoms. The summed E-state index contributed by atoms with van der Waals surface area (Å²) >= 11 is 1.62. The van der Waals surface area contributed by atoms with Crippen LogP contribution in [0.2, 0.25) is 0 Å². The largest absolute Gasteiger partial charge is 0.465 e. The van der Waals surface area contributed by atoms with Crippen LogP contribution in [0, 0.1) is 0 Å². The molecule has 5 heteroatoms. The molecule has 2 rings (SSSR count). The highest BCUT2D eigenvalue weighted by molar-refractivity contribution is 7.22. The Balaban J connectivity index is 2.06. The van der Waals surface area contributed by atoms with E-state index in [1.807, 2.05) is 25.1 Å². The second kappa shape index (κ2) is 7.24. The van der Waals surface area contributed by atoms with Crippen molar-refractivity contribution in [3.05, 3.63) is 23.8 Å². The molecule has 0 aliphatic carbocycles. The van der Waals surface area contributed by atoms with Crippen LogP contribution in [0.1, 0.15) is 32.3 Å². The van der Waals surface area contributed by atoms with Gasteiger partial charge in [-0.15, -0.1) is 0 Å². The Morgan fingerprint density at radius 3 is 2.95 bits per heavy atom. The first-order valence-corrected chi connectivity index (χ1v) is 7.83. The van der Waals surface area contributed by atoms with Crippen LogP contribution in [-0.2, 0) is 16.0 Å². The number of hydrogen-bond acceptors (Lipinski definition) is 5. The fourth-order valence-electron chi connectivity index (χ4n) is 1.82. The molecule has 0 radical (unpaired) electrons. The molecule has 108 valence electrons. The summed E-state index contributed by atoms with van der Waals surface area (Å²) in [6.45, 7) is 5.53. The van der Waals surface area contributed by atoms with E-state index in [0.717, 1.165) is 40.3 Å². The summed E-state index contributed by atoms with van der Waals surface area (Å²) in [4.78, 5) is 16.1. The first-order valence-electron chi connectivity index (χ1n) is 7.02. The average molecular weight is 292 g/mol. The Bertz CT molecular complexity index is 580. The Hall–Kier alpha value is -1.62. The maximum Gasteiger partial charge on any atom is 0.310 e. The van der Waals surface area contributed by atoms with Crippen molar-refractivity contribution in [2.45, 2.75) is 33.1 Å². The molecule has 20 heavy (non-hydrogen) atoms. The van der Waals surface area contributed by atoms with E-state index in [1.54, 1.807) is 11.3 Å². The predicted molar refractivity (Wildman–Crippen MR) is 83.4 cm³/mol. The van der Waals surface area contributed by atoms with E-state index in [0.29, 0.717) is 13.0 Å². The summed E-state index contributed by atoms with van der Waals surface area (Å²) in [5, 5.41) is 4.23. The van der Waals surface area contributed by atoms with Gasteiger partial charge in [0.05, 0.1) is 23.2 Å². The summed E-state index contributed by atoms with van der Waals surface area (Å²) in [6, 6.07) is 5.93. The highest BCUT2D eigenvalue weighted by atomic mass is 32.1. The zero-order valence-corrected chi connectivity index (χ0v) is 12.8. The summed E-state index contributed by atoms with van der Waals surface area (Å²) in [5.41, 5.74) is 1.95. The molecule has 0 aliphatic rings. The Morgan fingerprint density at radius 2 is 2.20 bits per heavy atom. The van der Waals surface area contributed by atoms with Crippen LogP contribution in [0.3, 0.4) is 0 Å². The number of nitrogens with one attached hydrogen (secondary N) is 1. The maximum absolute atomic E-state index is 11.6. The van der Waals surface area contributed by atoms with Crippen molar-refractivity contribution >= 4 is 32.7 Å². The summed E-state index contributed by atoms with van der Waals surface area (Å²) in [7, 11) is 0. The molecule has 0 saturated carbocycles. The minimum atomic E-state index is -0.167. The Morgan fingerprint density at radius 1 is 1.35 bits per heavy atom. The first-order chi connectivity index (χ1) is 9.72. The minimum Gasteiger partial charge on any atom is -0.465 e. The number of nitrogens with zero attached hydrogens (tertiary/aromatic N) is 1. The molecule has 4 nitrogen and oxygen atoms in total. The molecular formula is C15H20N2O2S. The van der Waals surface area contributed by atoms with Gasteiger partial charge in [0, 0.05) is 6.54 Å². The van der Waals surface area contributed by atoms with Crippen molar-refractivity contribution in [1.29, 1.82) is 0 Å². The third-order valence-electron chi connectivity index (χ3n) is 2.79. The van der Waals surface area contributed by atoms with Crippen LogP contribution in [0.25, 0.3) is 10.2 Å². The molecule has 0 saturated heterocycles. The van der Waals surface area contributed by atoms with Crippen molar-refractivity contribution in [2.75, 3.05) is 18.5 Å². The molecule has 0 amide bonds. The van der Waals surface area contributed by atoms with Crippen LogP contribution in [-0.4, -0.2) is 24.1 Å². The first kappa shape index (κ1) is 14.8. The number of thiazole rings is 1. The van der Waals surface area contributed by atoms with Gasteiger partial charge in [0.1, 0.15) is 0 Å². The quantitative estimate of drug-likeness (QED) is 0.792. The lowest BCUT2D eigenvalue weighted by Gasteiger charge is -2.02. The van der Waals surface area contributed by atoms with Gasteiger partial charge in [-0.25, -0.2) is 4.98 Å². The average Bonchev–Trinajstić information content (AvgIpc) is 2.85. The fraction of sp³-hybridized carbons (Fsp3) is 0.467. The number of carbonyl (C=O) groups excluding carboxylic acids is 1. The van der Waals surface area contributed by atoms with E-state index in [1.165, 1.54) is 0 Å². The number of anilines is 1. The van der Waals surface area contributed by atoms with Crippen molar-refractivity contribution in [1.82, 2.24) is 4.98 Å². The maximum atomic E-state index is 11.6. The second-order valence-electron chi connectivity index (χ2n) is 4.65. The van der Waals surface area contributed by atoms with Gasteiger partial charge in [-0.1, -0.05) is 31.3 Å². The van der Waals surface area contributed by atoms with Crippen LogP contribution in [0.5, 0.6) is 0 Å². The molecule has 1 aromatic heterocycles. The van der Waals surface area contributed by atoms with Crippen LogP contribution < -0.4 is 5.32 Å². The van der Waals surface area contributed by atoms with E-state index in [2.05, 4.69) is 17.2 Å². The van der Waals surface area contributed by atoms with Gasteiger partial charge in [0.25, 0.3) is 0 Å². The van der Waals surface area contributed by atoms with Gasteiger partial charge in [0.15, 0.2) is 5.13 Å². The molecular weight excluding hydrogens is 272 g/mol. The molecule has 0 aliphatic heterocycles. The van der Waals surface area contributed by atoms with Crippen molar-refractivity contribution in [3.8, 4) is 0 Å². The standard InChI is InChI=1S/C15H20N2O2S/c1-3-7-16-15-17-12-6-5-11(9-13(12)20-15)10-14(18)19-8-4-2/h5-6,9H,3-4,7-8,10H2,1-2H3,(H,16,17). The lowest BCUT2D eigenvalue weighted by molar-refractivity contribution is -0.142. The Kier molecular flexibility index (Phi) is 5.35. The van der Waals surface area contributed by atoms with Gasteiger partial charge >= 0.3 is 5.97 Å². The summed E-state index contributed by atoms with van der Waals surface area (Å²) in [5.74, 6) is -0.167. The zero-order chi connectivity index (χ0) is 14.4. The normalized spacial score (nSPS) is 10.7. The smallest absolute Gasteiger partial charge is 0.310 e. The van der Waals surface area contributed by atoms with Crippen molar-refractivity contribution in [2.24, 2.45) is 0 Å². The van der Waals surface area contributed by atoms with E-state index in [9.17, 15) is 4.79 Å². The highest BCUT2D eigenvalue weighted by Gasteiger charge is 2.08. The van der Waals surface area contributed by atoms with Crippen LogP contribution in [0.15, 0.2) is 18.2 Å². The van der Waals surface area contributed by atoms with Crippen LogP contribution >= 0.6 is 11.3 Å². The third kappa shape index (κ3) is 3.93. The number of benzene rings is 1. The molecule has 0 unspecified atom stereocenters. The number of hydrogen-bond donors (Lipinski definition) is 1. The molecule has 2 aromatic rings. The predicted octanol–water partition coefficient (Wildman–Crippen LogP) is 3.61. The minimum absolute atomic E-state index is 0.167. The van der Waals surface area contributed by atoms with E-state index < -0.39 is 0 Å². The summed E-state index contributed by atoms with van der Waals surface area (Å²) in [6.07, 6.45) is 2.25. The van der Waals surface area contributed by atoms with E-state index in [-0.39, 0.29) is 5.97 Å². The van der Waals surface area contributed by atoms with Crippen molar-refractivity contribution < 1.29 is 9.53 Å². The lowest BCUT2D eigenvalue weighted by atomic mass is 10.1. The molecule has 0 atom stereocenters. The Labute approximate surface area is 123 Å². The number of esters is 1. The van der Waals surface area contributed by atoms with Gasteiger partial charge in [-0.2, -0.15) is 0 Å². The van der Waals surface area contributed by atoms with Gasteiger partial charge < -0.3 is 10.1 Å². The molecule has 1 N–H and O–H groups in total. The monoisotopic (exact) mass is 292 g/mol. The molecule has 0 fully saturated rings. The van der Waals surface area contributed by atoms with E-state index in [4.69, 9.17) is 4.74 Å². The number of aromatic nitrogens is 1. The zero-order valence-electron chi connectivity index (χ0n) is 11.9. The number of fused-ring (bicyclic) bond motifs is 1. The summed E-state index contributed by atoms with van der Waals surface area (Å²) < 4.78 is 6.20. The number of rotatable bonds is 7. The highest BCUT2D eigenvalue weighted by Crippen LogP contribution is 2.27. The SMILES string of the molecule is CCCNc1nc2ccc(CC(=O)OCCC)cc2s1. The van der Waals surface area contributed by atoms with Crippen molar-refractivity contribution in [3.63, 3.8) is 0 Å². The van der Waals surface area contributed by atoms with E-state index >= 15 is 0 Å². The third-order valence-corrected chi connectivity index (χ3v) is 3.77. The van der Waals surface area contributed by atoms with Gasteiger partial charge in [-0.3, -0.25) is 4.79 Å². The van der Waals surface area contributed by atoms with Gasteiger partial charge in [0.2, 0.25) is 0 Å². The fourth-order valence-corrected chi connectivity index (χ4v) is 2.78. The topological polar surface area (TPSA) is 51.2 Å². The molecule has 1 heterocycles. The number of ether oxygens (including phenoxy) is 1. The number of carbonyl (C=O) groups is 1. The lowest BCUT2D eigenvalue weighted by Crippen LogP contribution is -2.08. The van der Waals surface area contributed by atoms with Gasteiger partial charge in [-0.05, 0) is 30.5 Å². The second-order valence-corrected chi connectivity index (χ2v) is 5.68. The van der Waals surface area contributed by atoms with Crippen LogP contribution in [0.4, 0.5) is 5.13 Å².